The first-order valence-corrected chi connectivity index (χ1v) is 7.04. The van der Waals surface area contributed by atoms with Gasteiger partial charge in [0, 0.05) is 6.54 Å². The fourth-order valence-electron chi connectivity index (χ4n) is 2.77. The average molecular weight is 269 g/mol. The lowest BCUT2D eigenvalue weighted by Crippen LogP contribution is -2.15. The van der Waals surface area contributed by atoms with Gasteiger partial charge in [-0.15, -0.1) is 0 Å². The highest BCUT2D eigenvalue weighted by molar-refractivity contribution is 5.29. The second-order valence-electron chi connectivity index (χ2n) is 5.38. The predicted molar refractivity (Wildman–Crippen MR) is 70.9 cm³/mol. The van der Waals surface area contributed by atoms with Crippen molar-refractivity contribution in [3.05, 3.63) is 29.3 Å². The van der Waals surface area contributed by atoms with Crippen molar-refractivity contribution in [2.45, 2.75) is 45.1 Å². The van der Waals surface area contributed by atoms with Crippen LogP contribution in [0, 0.1) is 17.6 Å². The maximum Gasteiger partial charge on any atom is 0.187 e. The number of hydrogen-bond donors (Lipinski definition) is 2. The molecule has 1 aliphatic carbocycles. The van der Waals surface area contributed by atoms with Crippen LogP contribution < -0.4 is 5.32 Å². The van der Waals surface area contributed by atoms with Gasteiger partial charge in [0.15, 0.2) is 17.4 Å². The van der Waals surface area contributed by atoms with Crippen LogP contribution in [0.25, 0.3) is 0 Å². The summed E-state index contributed by atoms with van der Waals surface area (Å²) in [6.45, 7) is 1.29. The van der Waals surface area contributed by atoms with Crippen LogP contribution in [0.5, 0.6) is 5.75 Å². The van der Waals surface area contributed by atoms with Crippen molar-refractivity contribution in [2.24, 2.45) is 5.92 Å². The van der Waals surface area contributed by atoms with E-state index >= 15 is 0 Å². The summed E-state index contributed by atoms with van der Waals surface area (Å²) >= 11 is 0. The Bertz CT molecular complexity index is 394. The van der Waals surface area contributed by atoms with E-state index in [0.717, 1.165) is 18.9 Å². The molecule has 0 aromatic heterocycles. The summed E-state index contributed by atoms with van der Waals surface area (Å²) in [7, 11) is 0. The molecule has 1 aromatic carbocycles. The lowest BCUT2D eigenvalue weighted by molar-refractivity contribution is 0.395. The summed E-state index contributed by atoms with van der Waals surface area (Å²) in [5, 5.41) is 12.2. The molecule has 0 saturated heterocycles. The van der Waals surface area contributed by atoms with E-state index in [-0.39, 0.29) is 0 Å². The molecule has 19 heavy (non-hydrogen) atoms. The Hall–Kier alpha value is -1.16. The minimum absolute atomic E-state index is 0.429. The maximum absolute atomic E-state index is 13.1. The van der Waals surface area contributed by atoms with Gasteiger partial charge in [0.2, 0.25) is 0 Å². The van der Waals surface area contributed by atoms with Crippen molar-refractivity contribution in [2.75, 3.05) is 6.54 Å². The number of phenolic OH excluding ortho intramolecular Hbond substituents is 1. The molecule has 1 aromatic rings. The van der Waals surface area contributed by atoms with Crippen LogP contribution in [-0.4, -0.2) is 11.7 Å². The third-order valence-electron chi connectivity index (χ3n) is 3.85. The Morgan fingerprint density at radius 1 is 1.16 bits per heavy atom. The van der Waals surface area contributed by atoms with Gasteiger partial charge in [-0.3, -0.25) is 0 Å². The molecule has 4 heteroatoms. The molecule has 0 atom stereocenters. The summed E-state index contributed by atoms with van der Waals surface area (Å²) in [6.07, 6.45) is 7.79. The van der Waals surface area contributed by atoms with Gasteiger partial charge >= 0.3 is 0 Å². The van der Waals surface area contributed by atoms with Gasteiger partial charge < -0.3 is 10.4 Å². The lowest BCUT2D eigenvalue weighted by atomic mass is 10.0. The zero-order valence-corrected chi connectivity index (χ0v) is 11.1. The van der Waals surface area contributed by atoms with E-state index in [1.54, 1.807) is 0 Å². The number of hydrogen-bond acceptors (Lipinski definition) is 2. The quantitative estimate of drug-likeness (QED) is 0.771. The van der Waals surface area contributed by atoms with Gasteiger partial charge in [-0.25, -0.2) is 8.78 Å². The monoisotopic (exact) mass is 269 g/mol. The Labute approximate surface area is 112 Å². The fourth-order valence-corrected chi connectivity index (χ4v) is 2.77. The minimum atomic E-state index is -0.900. The number of aromatic hydroxyl groups is 1. The molecule has 0 heterocycles. The fraction of sp³-hybridized carbons (Fsp3) is 0.600. The van der Waals surface area contributed by atoms with Crippen molar-refractivity contribution >= 4 is 0 Å². The molecule has 0 radical (unpaired) electrons. The number of nitrogens with one attached hydrogen (secondary N) is 1. The van der Waals surface area contributed by atoms with Crippen molar-refractivity contribution in [1.82, 2.24) is 5.32 Å². The Morgan fingerprint density at radius 2 is 1.79 bits per heavy atom. The van der Waals surface area contributed by atoms with Gasteiger partial charge in [-0.05, 0) is 43.0 Å². The highest BCUT2D eigenvalue weighted by Gasteiger charge is 2.14. The van der Waals surface area contributed by atoms with Gasteiger partial charge in [0.1, 0.15) is 0 Å². The van der Waals surface area contributed by atoms with Crippen LogP contribution in [0.1, 0.15) is 44.1 Å². The van der Waals surface area contributed by atoms with Gasteiger partial charge in [-0.2, -0.15) is 0 Å². The minimum Gasteiger partial charge on any atom is -0.503 e. The molecule has 1 saturated carbocycles. The molecule has 106 valence electrons. The van der Waals surface area contributed by atoms with Gasteiger partial charge in [0.05, 0.1) is 0 Å². The summed E-state index contributed by atoms with van der Waals surface area (Å²) in [4.78, 5) is 0. The first-order chi connectivity index (χ1) is 9.16. The van der Waals surface area contributed by atoms with Crippen molar-refractivity contribution in [1.29, 1.82) is 0 Å². The summed E-state index contributed by atoms with van der Waals surface area (Å²) in [5.74, 6) is -1.82. The van der Waals surface area contributed by atoms with Crippen LogP contribution in [0.4, 0.5) is 8.78 Å². The highest BCUT2D eigenvalue weighted by atomic mass is 19.1. The first-order valence-electron chi connectivity index (χ1n) is 7.04. The van der Waals surface area contributed by atoms with E-state index in [9.17, 15) is 8.78 Å². The van der Waals surface area contributed by atoms with E-state index in [1.165, 1.54) is 44.2 Å². The molecule has 1 aliphatic rings. The zero-order chi connectivity index (χ0) is 13.7. The molecule has 2 N–H and O–H groups in total. The van der Waals surface area contributed by atoms with Crippen LogP contribution in [0.2, 0.25) is 0 Å². The highest BCUT2D eigenvalue weighted by Crippen LogP contribution is 2.28. The third kappa shape index (κ3) is 4.16. The zero-order valence-electron chi connectivity index (χ0n) is 11.1. The van der Waals surface area contributed by atoms with Crippen LogP contribution in [0.3, 0.4) is 0 Å². The van der Waals surface area contributed by atoms with E-state index in [0.29, 0.717) is 12.1 Å². The molecule has 0 bridgehead atoms. The van der Waals surface area contributed by atoms with Crippen LogP contribution in [0.15, 0.2) is 12.1 Å². The second-order valence-corrected chi connectivity index (χ2v) is 5.38. The van der Waals surface area contributed by atoms with Crippen molar-refractivity contribution in [3.8, 4) is 5.75 Å². The van der Waals surface area contributed by atoms with E-state index in [1.807, 2.05) is 0 Å². The van der Waals surface area contributed by atoms with Gasteiger partial charge in [-0.1, -0.05) is 25.7 Å². The average Bonchev–Trinajstić information content (AvgIpc) is 2.88. The summed E-state index contributed by atoms with van der Waals surface area (Å²) < 4.78 is 26.2. The Kier molecular flexibility index (Phi) is 5.14. The Balaban J connectivity index is 1.67. The summed E-state index contributed by atoms with van der Waals surface area (Å²) in [5.41, 5.74) is 0.522. The second kappa shape index (κ2) is 6.85. The molecule has 0 aliphatic heterocycles. The normalized spacial score (nSPS) is 16.1. The third-order valence-corrected chi connectivity index (χ3v) is 3.85. The predicted octanol–water partition coefficient (Wildman–Crippen LogP) is 3.73. The number of phenols is 1. The molecule has 1 fully saturated rings. The standard InChI is InChI=1S/C15H21F2NO/c16-13-8-12(9-14(17)15(13)19)10-18-7-3-6-11-4-1-2-5-11/h8-9,11,18-19H,1-7,10H2. The van der Waals surface area contributed by atoms with E-state index < -0.39 is 17.4 Å². The van der Waals surface area contributed by atoms with Gasteiger partial charge in [0.25, 0.3) is 0 Å². The Morgan fingerprint density at radius 3 is 2.42 bits per heavy atom. The van der Waals surface area contributed by atoms with Crippen molar-refractivity contribution in [3.63, 3.8) is 0 Å². The molecule has 0 unspecified atom stereocenters. The lowest BCUT2D eigenvalue weighted by Gasteiger charge is -2.09. The number of halogens is 2. The van der Waals surface area contributed by atoms with E-state index in [2.05, 4.69) is 5.32 Å². The number of benzene rings is 1. The van der Waals surface area contributed by atoms with E-state index in [4.69, 9.17) is 5.11 Å². The molecule has 2 nitrogen and oxygen atoms in total. The molecule has 0 amide bonds. The smallest absolute Gasteiger partial charge is 0.187 e. The largest absolute Gasteiger partial charge is 0.503 e. The maximum atomic E-state index is 13.1. The first kappa shape index (κ1) is 14.3. The molecular formula is C15H21F2NO. The van der Waals surface area contributed by atoms with Crippen molar-refractivity contribution < 1.29 is 13.9 Å². The molecule has 2 rings (SSSR count). The summed E-state index contributed by atoms with van der Waals surface area (Å²) in [6, 6.07) is 2.34. The van der Waals surface area contributed by atoms with Crippen LogP contribution in [-0.2, 0) is 6.54 Å². The van der Waals surface area contributed by atoms with Crippen LogP contribution >= 0.6 is 0 Å². The molecule has 0 spiro atoms. The topological polar surface area (TPSA) is 32.3 Å². The SMILES string of the molecule is Oc1c(F)cc(CNCCCC2CCCC2)cc1F. The number of rotatable bonds is 6. The molecular weight excluding hydrogens is 248 g/mol.